The molecule has 0 radical (unpaired) electrons. The second-order valence-electron chi connectivity index (χ2n) is 8.06. The van der Waals surface area contributed by atoms with Gasteiger partial charge in [-0.2, -0.15) is 5.26 Å². The van der Waals surface area contributed by atoms with E-state index in [9.17, 15) is 13.2 Å². The van der Waals surface area contributed by atoms with Crippen LogP contribution in [0.4, 0.5) is 13.2 Å². The summed E-state index contributed by atoms with van der Waals surface area (Å²) >= 11 is 0. The molecule has 0 bridgehead atoms. The maximum atomic E-state index is 14.9. The van der Waals surface area contributed by atoms with E-state index in [1.807, 2.05) is 19.1 Å². The van der Waals surface area contributed by atoms with Crippen molar-refractivity contribution >= 4 is 11.7 Å². The molecule has 0 spiro atoms. The van der Waals surface area contributed by atoms with Gasteiger partial charge in [0.1, 0.15) is 11.9 Å². The van der Waals surface area contributed by atoms with Gasteiger partial charge in [0.2, 0.25) is 0 Å². The number of hydrogen-bond donors (Lipinski definition) is 0. The normalized spacial score (nSPS) is 11.3. The Bertz CT molecular complexity index is 1290. The summed E-state index contributed by atoms with van der Waals surface area (Å²) in [6.45, 7) is 4.11. The van der Waals surface area contributed by atoms with Gasteiger partial charge in [-0.1, -0.05) is 62.8 Å². The van der Waals surface area contributed by atoms with Crippen LogP contribution < -0.4 is 0 Å². The van der Waals surface area contributed by atoms with Crippen molar-refractivity contribution in [3.05, 3.63) is 105 Å². The first-order valence-electron chi connectivity index (χ1n) is 11.5. The Hall–Kier alpha value is -3.76. The number of aryl methyl sites for hydroxylation is 2. The van der Waals surface area contributed by atoms with Gasteiger partial charge in [-0.05, 0) is 66.8 Å². The van der Waals surface area contributed by atoms with Crippen molar-refractivity contribution in [1.82, 2.24) is 0 Å². The van der Waals surface area contributed by atoms with E-state index >= 15 is 0 Å². The smallest absolute Gasteiger partial charge is 0.166 e. The molecule has 0 saturated heterocycles. The van der Waals surface area contributed by atoms with Gasteiger partial charge in [0.15, 0.2) is 11.7 Å². The molecular formula is C30H26F3N. The zero-order valence-corrected chi connectivity index (χ0v) is 19.4. The van der Waals surface area contributed by atoms with Crippen LogP contribution in [0.25, 0.3) is 11.7 Å². The van der Waals surface area contributed by atoms with Crippen molar-refractivity contribution in [3.63, 3.8) is 0 Å². The number of hydrogen-bond acceptors (Lipinski definition) is 1. The lowest BCUT2D eigenvalue weighted by molar-refractivity contribution is 0.621. The molecule has 0 atom stereocenters. The fraction of sp³-hybridized carbons (Fsp3) is 0.233. The van der Waals surface area contributed by atoms with Crippen LogP contribution in [0.2, 0.25) is 0 Å². The van der Waals surface area contributed by atoms with E-state index in [1.54, 1.807) is 18.2 Å². The average molecular weight is 458 g/mol. The standard InChI is InChI=1S/C30H26F3N/c1-3-5-6-7-21-8-10-22(11-9-21)12-13-24-14-15-25(18-23(24)4-2)29(32)30(33)26-16-17-27(20-34)28(31)19-26/h8-11,14-19H,3-7H2,1-2H3/b30-29+. The fourth-order valence-corrected chi connectivity index (χ4v) is 3.61. The second kappa shape index (κ2) is 11.9. The molecule has 0 fully saturated rings. The summed E-state index contributed by atoms with van der Waals surface area (Å²) < 4.78 is 43.4. The lowest BCUT2D eigenvalue weighted by atomic mass is 9.99. The average Bonchev–Trinajstić information content (AvgIpc) is 2.87. The Balaban J connectivity index is 1.83. The van der Waals surface area contributed by atoms with Crippen molar-refractivity contribution in [1.29, 1.82) is 5.26 Å². The maximum Gasteiger partial charge on any atom is 0.166 e. The highest BCUT2D eigenvalue weighted by Gasteiger charge is 2.15. The molecule has 172 valence electrons. The topological polar surface area (TPSA) is 23.8 Å². The quantitative estimate of drug-likeness (QED) is 0.199. The molecule has 0 heterocycles. The highest BCUT2D eigenvalue weighted by atomic mass is 19.2. The molecule has 0 aliphatic heterocycles. The second-order valence-corrected chi connectivity index (χ2v) is 8.06. The maximum absolute atomic E-state index is 14.9. The van der Waals surface area contributed by atoms with E-state index < -0.39 is 17.5 Å². The van der Waals surface area contributed by atoms with E-state index in [2.05, 4.69) is 30.9 Å². The molecule has 0 unspecified atom stereocenters. The van der Waals surface area contributed by atoms with E-state index in [-0.39, 0.29) is 16.7 Å². The predicted octanol–water partition coefficient (Wildman–Crippen LogP) is 8.16. The summed E-state index contributed by atoms with van der Waals surface area (Å²) in [6, 6.07) is 17.7. The van der Waals surface area contributed by atoms with Gasteiger partial charge in [0, 0.05) is 22.3 Å². The Kier molecular flexibility index (Phi) is 8.72. The first-order valence-corrected chi connectivity index (χ1v) is 11.5. The number of nitriles is 1. The van der Waals surface area contributed by atoms with Crippen LogP contribution in [0, 0.1) is 29.0 Å². The highest BCUT2D eigenvalue weighted by molar-refractivity contribution is 5.83. The minimum Gasteiger partial charge on any atom is -0.206 e. The van der Waals surface area contributed by atoms with Gasteiger partial charge in [0.25, 0.3) is 0 Å². The van der Waals surface area contributed by atoms with Crippen LogP contribution in [-0.2, 0) is 12.8 Å². The zero-order valence-electron chi connectivity index (χ0n) is 19.4. The Morgan fingerprint density at radius 2 is 1.44 bits per heavy atom. The lowest BCUT2D eigenvalue weighted by Gasteiger charge is -2.07. The molecule has 0 aliphatic rings. The molecule has 34 heavy (non-hydrogen) atoms. The summed E-state index contributed by atoms with van der Waals surface area (Å²) in [7, 11) is 0. The molecular weight excluding hydrogens is 431 g/mol. The van der Waals surface area contributed by atoms with Gasteiger partial charge in [-0.25, -0.2) is 13.2 Å². The number of unbranched alkanes of at least 4 members (excludes halogenated alkanes) is 2. The minimum absolute atomic E-state index is 0.0566. The third kappa shape index (κ3) is 6.18. The number of benzene rings is 3. The lowest BCUT2D eigenvalue weighted by Crippen LogP contribution is -1.93. The third-order valence-corrected chi connectivity index (χ3v) is 5.64. The van der Waals surface area contributed by atoms with Crippen molar-refractivity contribution < 1.29 is 13.2 Å². The van der Waals surface area contributed by atoms with Crippen molar-refractivity contribution in [2.45, 2.75) is 46.0 Å². The predicted molar refractivity (Wildman–Crippen MR) is 132 cm³/mol. The third-order valence-electron chi connectivity index (χ3n) is 5.64. The van der Waals surface area contributed by atoms with Crippen LogP contribution in [-0.4, -0.2) is 0 Å². The molecule has 0 aromatic heterocycles. The van der Waals surface area contributed by atoms with Crippen LogP contribution >= 0.6 is 0 Å². The molecule has 0 amide bonds. The number of nitrogens with zero attached hydrogens (tertiary/aromatic N) is 1. The Labute approximate surface area is 199 Å². The van der Waals surface area contributed by atoms with E-state index in [0.717, 1.165) is 35.2 Å². The molecule has 4 heteroatoms. The molecule has 3 aromatic rings. The monoisotopic (exact) mass is 457 g/mol. The first kappa shape index (κ1) is 24.9. The largest absolute Gasteiger partial charge is 0.206 e. The summed E-state index contributed by atoms with van der Waals surface area (Å²) in [6.07, 6.45) is 5.26. The van der Waals surface area contributed by atoms with E-state index in [0.29, 0.717) is 6.42 Å². The van der Waals surface area contributed by atoms with Crippen molar-refractivity contribution in [2.75, 3.05) is 0 Å². The van der Waals surface area contributed by atoms with E-state index in [1.165, 1.54) is 37.0 Å². The number of rotatable bonds is 7. The van der Waals surface area contributed by atoms with Crippen molar-refractivity contribution in [3.8, 4) is 17.9 Å². The molecule has 1 nitrogen and oxygen atoms in total. The summed E-state index contributed by atoms with van der Waals surface area (Å²) in [5, 5.41) is 8.81. The van der Waals surface area contributed by atoms with Crippen molar-refractivity contribution in [2.24, 2.45) is 0 Å². The van der Waals surface area contributed by atoms with Gasteiger partial charge in [-0.3, -0.25) is 0 Å². The minimum atomic E-state index is -1.18. The summed E-state index contributed by atoms with van der Waals surface area (Å²) in [4.78, 5) is 0. The van der Waals surface area contributed by atoms with Gasteiger partial charge < -0.3 is 0 Å². The highest BCUT2D eigenvalue weighted by Crippen LogP contribution is 2.30. The van der Waals surface area contributed by atoms with Crippen LogP contribution in [0.15, 0.2) is 60.7 Å². The summed E-state index contributed by atoms with van der Waals surface area (Å²) in [5.41, 5.74) is 3.30. The molecule has 0 N–H and O–H groups in total. The Morgan fingerprint density at radius 1 is 0.794 bits per heavy atom. The zero-order chi connectivity index (χ0) is 24.5. The summed E-state index contributed by atoms with van der Waals surface area (Å²) in [5.74, 6) is 3.13. The Morgan fingerprint density at radius 3 is 2.03 bits per heavy atom. The van der Waals surface area contributed by atoms with Crippen LogP contribution in [0.5, 0.6) is 0 Å². The molecule has 0 aliphatic carbocycles. The number of halogens is 3. The van der Waals surface area contributed by atoms with Crippen LogP contribution in [0.1, 0.15) is 72.1 Å². The van der Waals surface area contributed by atoms with E-state index in [4.69, 9.17) is 5.26 Å². The van der Waals surface area contributed by atoms with Gasteiger partial charge in [0.05, 0.1) is 5.56 Å². The van der Waals surface area contributed by atoms with Gasteiger partial charge >= 0.3 is 0 Å². The molecule has 3 rings (SSSR count). The molecule has 3 aromatic carbocycles. The fourth-order valence-electron chi connectivity index (χ4n) is 3.61. The van der Waals surface area contributed by atoms with Gasteiger partial charge in [-0.15, -0.1) is 0 Å². The van der Waals surface area contributed by atoms with Crippen LogP contribution in [0.3, 0.4) is 0 Å². The molecule has 0 saturated carbocycles. The SMILES string of the molecule is CCCCCc1ccc(C#Cc2ccc(/C(F)=C(\F)c3ccc(C#N)c(F)c3)cc2CC)cc1. The first-order chi connectivity index (χ1) is 16.5.